The minimum atomic E-state index is -0.604. The maximum absolute atomic E-state index is 13.0. The minimum absolute atomic E-state index is 0.218. The summed E-state index contributed by atoms with van der Waals surface area (Å²) in [5, 5.41) is 17.6. The maximum Gasteiger partial charge on any atom is 0.247 e. The Morgan fingerprint density at radius 3 is 2.81 bits per heavy atom. The van der Waals surface area contributed by atoms with Gasteiger partial charge in [-0.05, 0) is 40.3 Å². The number of hydrogen-bond donors (Lipinski definition) is 2. The van der Waals surface area contributed by atoms with Crippen LogP contribution in [0.4, 0.5) is 11.6 Å². The molecule has 0 radical (unpaired) electrons. The highest BCUT2D eigenvalue weighted by Crippen LogP contribution is 2.37. The zero-order valence-corrected chi connectivity index (χ0v) is 15.1. The monoisotopic (exact) mass is 411 g/mol. The van der Waals surface area contributed by atoms with Gasteiger partial charge in [0.05, 0.1) is 17.9 Å². The van der Waals surface area contributed by atoms with E-state index in [-0.39, 0.29) is 5.91 Å². The van der Waals surface area contributed by atoms with Gasteiger partial charge in [-0.15, -0.1) is 0 Å². The summed E-state index contributed by atoms with van der Waals surface area (Å²) in [7, 11) is 0. The average Bonchev–Trinajstić information content (AvgIpc) is 3.10. The molecule has 2 atom stereocenters. The van der Waals surface area contributed by atoms with Crippen LogP contribution in [0.25, 0.3) is 0 Å². The van der Waals surface area contributed by atoms with E-state index in [0.717, 1.165) is 10.0 Å². The molecular weight excluding hydrogens is 398 g/mol. The first kappa shape index (κ1) is 16.4. The average molecular weight is 412 g/mol. The van der Waals surface area contributed by atoms with E-state index in [4.69, 9.17) is 0 Å². The van der Waals surface area contributed by atoms with Crippen LogP contribution in [0.3, 0.4) is 0 Å². The largest absolute Gasteiger partial charge is 0.326 e. The molecule has 0 fully saturated rings. The predicted octanol–water partition coefficient (Wildman–Crippen LogP) is 2.61. The Kier molecular flexibility index (Phi) is 4.21. The second-order valence-electron chi connectivity index (χ2n) is 5.80. The molecule has 0 saturated heterocycles. The van der Waals surface area contributed by atoms with Crippen molar-refractivity contribution in [2.45, 2.75) is 6.04 Å². The van der Waals surface area contributed by atoms with E-state index in [9.17, 15) is 4.79 Å². The fraction of sp³-hybridized carbons (Fsp3) is 0.118. The van der Waals surface area contributed by atoms with Gasteiger partial charge >= 0.3 is 0 Å². The van der Waals surface area contributed by atoms with Gasteiger partial charge in [-0.1, -0.05) is 39.7 Å². The number of rotatable bonds is 3. The van der Waals surface area contributed by atoms with Gasteiger partial charge in [-0.25, -0.2) is 4.68 Å². The highest BCUT2D eigenvalue weighted by Gasteiger charge is 2.40. The van der Waals surface area contributed by atoms with Crippen molar-refractivity contribution >= 4 is 33.5 Å². The quantitative estimate of drug-likeness (QED) is 0.687. The van der Waals surface area contributed by atoms with E-state index in [1.54, 1.807) is 29.2 Å². The lowest BCUT2D eigenvalue weighted by molar-refractivity contribution is -0.119. The van der Waals surface area contributed by atoms with Crippen molar-refractivity contribution in [2.75, 3.05) is 10.6 Å². The topological polar surface area (TPSA) is 97.6 Å². The number of aromatic nitrogens is 5. The number of nitrogens with one attached hydrogen (secondary N) is 2. The van der Waals surface area contributed by atoms with E-state index in [0.29, 0.717) is 17.3 Å². The van der Waals surface area contributed by atoms with Crippen molar-refractivity contribution in [3.05, 3.63) is 71.1 Å². The Hall–Kier alpha value is -3.07. The molecule has 1 aromatic carbocycles. The molecule has 1 amide bonds. The molecule has 1 aliphatic rings. The van der Waals surface area contributed by atoms with Crippen LogP contribution in [-0.4, -0.2) is 31.1 Å². The molecule has 0 saturated carbocycles. The molecule has 3 aromatic rings. The molecule has 2 N–H and O–H groups in total. The molecule has 2 unspecified atom stereocenters. The number of fused-ring (bicyclic) bond motifs is 1. The summed E-state index contributed by atoms with van der Waals surface area (Å²) < 4.78 is 2.55. The molecule has 0 aliphatic carbocycles. The maximum atomic E-state index is 13.0. The van der Waals surface area contributed by atoms with Gasteiger partial charge in [-0.2, -0.15) is 0 Å². The van der Waals surface area contributed by atoms with Crippen LogP contribution in [0.5, 0.6) is 0 Å². The minimum Gasteiger partial charge on any atom is -0.326 e. The number of nitrogens with zero attached hydrogens (tertiary/aromatic N) is 5. The Bertz CT molecular complexity index is 955. The van der Waals surface area contributed by atoms with Crippen LogP contribution in [0, 0.1) is 5.92 Å². The van der Waals surface area contributed by atoms with E-state index in [2.05, 4.69) is 53.7 Å². The summed E-state index contributed by atoms with van der Waals surface area (Å²) in [5.41, 5.74) is 2.04. The number of halogens is 1. The number of hydrogen-bond acceptors (Lipinski definition) is 6. The molecule has 3 heterocycles. The summed E-state index contributed by atoms with van der Waals surface area (Å²) in [4.78, 5) is 17.1. The third-order valence-electron chi connectivity index (χ3n) is 4.14. The van der Waals surface area contributed by atoms with Crippen LogP contribution in [-0.2, 0) is 4.79 Å². The lowest BCUT2D eigenvalue weighted by atomic mass is 9.88. The normalized spacial score (nSPS) is 18.7. The Labute approximate surface area is 157 Å². The Morgan fingerprint density at radius 2 is 2.08 bits per heavy atom. The molecule has 8 nitrogen and oxygen atoms in total. The predicted molar refractivity (Wildman–Crippen MR) is 99.2 cm³/mol. The van der Waals surface area contributed by atoms with Gasteiger partial charge in [0, 0.05) is 16.4 Å². The third-order valence-corrected chi connectivity index (χ3v) is 4.67. The molecule has 26 heavy (non-hydrogen) atoms. The van der Waals surface area contributed by atoms with E-state index < -0.39 is 12.0 Å². The fourth-order valence-electron chi connectivity index (χ4n) is 2.97. The van der Waals surface area contributed by atoms with Crippen molar-refractivity contribution < 1.29 is 4.79 Å². The lowest BCUT2D eigenvalue weighted by Crippen LogP contribution is -2.39. The van der Waals surface area contributed by atoms with Gasteiger partial charge in [0.15, 0.2) is 0 Å². The third kappa shape index (κ3) is 2.97. The summed E-state index contributed by atoms with van der Waals surface area (Å²) in [6.45, 7) is 4.02. The Morgan fingerprint density at radius 1 is 1.27 bits per heavy atom. The molecule has 9 heteroatoms. The zero-order chi connectivity index (χ0) is 18.1. The van der Waals surface area contributed by atoms with Gasteiger partial charge in [0.1, 0.15) is 5.92 Å². The SMILES string of the molecule is C=C1Nc2nnnn2C(c2ccc(Br)cc2)C1C(=O)Nc1cccnc1. The van der Waals surface area contributed by atoms with Crippen molar-refractivity contribution in [1.82, 2.24) is 25.2 Å². The standard InChI is InChI=1S/C17H14BrN7O/c1-10-14(16(26)21-13-3-2-8-19-9-13)15(11-4-6-12(18)7-5-11)25-17(20-10)22-23-24-25/h2-9,14-15H,1H2,(H,21,26)(H,20,22,24). The van der Waals surface area contributed by atoms with Crippen molar-refractivity contribution in [2.24, 2.45) is 5.92 Å². The number of amides is 1. The number of carbonyl (C=O) groups is 1. The number of benzene rings is 1. The van der Waals surface area contributed by atoms with Crippen LogP contribution in [0.2, 0.25) is 0 Å². The molecule has 4 rings (SSSR count). The number of pyridine rings is 1. The van der Waals surface area contributed by atoms with Crippen molar-refractivity contribution in [3.8, 4) is 0 Å². The molecule has 0 spiro atoms. The van der Waals surface area contributed by atoms with E-state index in [1.165, 1.54) is 0 Å². The first-order valence-electron chi connectivity index (χ1n) is 7.83. The number of anilines is 2. The van der Waals surface area contributed by atoms with Crippen LogP contribution in [0.1, 0.15) is 11.6 Å². The summed E-state index contributed by atoms with van der Waals surface area (Å²) in [5.74, 6) is -0.370. The molecule has 2 aromatic heterocycles. The highest BCUT2D eigenvalue weighted by molar-refractivity contribution is 9.10. The van der Waals surface area contributed by atoms with Gasteiger partial charge in [0.2, 0.25) is 11.9 Å². The second kappa shape index (κ2) is 6.68. The van der Waals surface area contributed by atoms with Gasteiger partial charge in [-0.3, -0.25) is 9.78 Å². The first-order valence-corrected chi connectivity index (χ1v) is 8.63. The second-order valence-corrected chi connectivity index (χ2v) is 6.72. The number of tetrazole rings is 1. The van der Waals surface area contributed by atoms with Crippen molar-refractivity contribution in [3.63, 3.8) is 0 Å². The number of carbonyl (C=O) groups excluding carboxylic acids is 1. The van der Waals surface area contributed by atoms with E-state index >= 15 is 0 Å². The Balaban J connectivity index is 1.74. The highest BCUT2D eigenvalue weighted by atomic mass is 79.9. The van der Waals surface area contributed by atoms with Crippen LogP contribution >= 0.6 is 15.9 Å². The van der Waals surface area contributed by atoms with Gasteiger partial charge < -0.3 is 10.6 Å². The lowest BCUT2D eigenvalue weighted by Gasteiger charge is -2.33. The van der Waals surface area contributed by atoms with Crippen LogP contribution in [0.15, 0.2) is 65.5 Å². The molecule has 130 valence electrons. The van der Waals surface area contributed by atoms with Crippen molar-refractivity contribution in [1.29, 1.82) is 0 Å². The smallest absolute Gasteiger partial charge is 0.247 e. The summed E-state index contributed by atoms with van der Waals surface area (Å²) in [6.07, 6.45) is 3.24. The summed E-state index contributed by atoms with van der Waals surface area (Å²) in [6, 6.07) is 10.8. The molecule has 0 bridgehead atoms. The zero-order valence-electron chi connectivity index (χ0n) is 13.5. The van der Waals surface area contributed by atoms with E-state index in [1.807, 2.05) is 24.3 Å². The molecule has 1 aliphatic heterocycles. The first-order chi connectivity index (χ1) is 12.6. The van der Waals surface area contributed by atoms with Crippen LogP contribution < -0.4 is 10.6 Å². The van der Waals surface area contributed by atoms with Gasteiger partial charge in [0.25, 0.3) is 0 Å². The fourth-order valence-corrected chi connectivity index (χ4v) is 3.23. The molecular formula is C17H14BrN7O. The summed E-state index contributed by atoms with van der Waals surface area (Å²) >= 11 is 3.43.